The molecule has 2 N–H and O–H groups in total. The minimum atomic E-state index is 0.369. The van der Waals surface area contributed by atoms with Crippen molar-refractivity contribution in [2.75, 3.05) is 0 Å². The number of thiocarbonyl (C=S) groups is 1. The van der Waals surface area contributed by atoms with Crippen molar-refractivity contribution in [2.45, 2.75) is 26.7 Å². The predicted molar refractivity (Wildman–Crippen MR) is 76.5 cm³/mol. The van der Waals surface area contributed by atoms with Gasteiger partial charge in [0.15, 0.2) is 0 Å². The first-order chi connectivity index (χ1) is 7.99. The molecule has 2 nitrogen and oxygen atoms in total. The van der Waals surface area contributed by atoms with E-state index in [0.29, 0.717) is 10.9 Å². The number of rotatable bonds is 2. The van der Waals surface area contributed by atoms with E-state index in [0.717, 1.165) is 22.2 Å². The van der Waals surface area contributed by atoms with Crippen molar-refractivity contribution in [3.8, 4) is 0 Å². The van der Waals surface area contributed by atoms with E-state index in [1.807, 2.05) is 12.1 Å². The summed E-state index contributed by atoms with van der Waals surface area (Å²) in [6.45, 7) is 6.29. The van der Waals surface area contributed by atoms with Crippen molar-refractivity contribution in [1.29, 1.82) is 0 Å². The molecule has 0 aliphatic heterocycles. The van der Waals surface area contributed by atoms with Crippen LogP contribution < -0.4 is 5.73 Å². The first kappa shape index (κ1) is 12.0. The van der Waals surface area contributed by atoms with E-state index in [4.69, 9.17) is 18.0 Å². The van der Waals surface area contributed by atoms with Gasteiger partial charge in [0.25, 0.3) is 0 Å². The molecule has 2 rings (SSSR count). The standard InChI is InChI=1S/C14H16N2S/c1-8(2)13-7-11(14(15)17)10-6-9(3)4-5-12(10)16-13/h4-8H,1-3H3,(H2,15,17). The van der Waals surface area contributed by atoms with Crippen LogP contribution in [-0.4, -0.2) is 9.97 Å². The van der Waals surface area contributed by atoms with Crippen LogP contribution in [0.2, 0.25) is 0 Å². The largest absolute Gasteiger partial charge is 0.389 e. The minimum Gasteiger partial charge on any atom is -0.389 e. The van der Waals surface area contributed by atoms with Crippen LogP contribution in [0.5, 0.6) is 0 Å². The Labute approximate surface area is 107 Å². The Hall–Kier alpha value is -1.48. The average Bonchev–Trinajstić information content (AvgIpc) is 2.27. The van der Waals surface area contributed by atoms with Gasteiger partial charge in [0.1, 0.15) is 4.99 Å². The summed E-state index contributed by atoms with van der Waals surface area (Å²) in [5, 5.41) is 1.04. The summed E-state index contributed by atoms with van der Waals surface area (Å²) < 4.78 is 0. The van der Waals surface area contributed by atoms with E-state index in [-0.39, 0.29) is 0 Å². The quantitative estimate of drug-likeness (QED) is 0.824. The molecule has 0 fully saturated rings. The van der Waals surface area contributed by atoms with Crippen LogP contribution in [0.25, 0.3) is 10.9 Å². The number of pyridine rings is 1. The number of aromatic nitrogens is 1. The number of hydrogen-bond acceptors (Lipinski definition) is 2. The number of nitrogens with zero attached hydrogens (tertiary/aromatic N) is 1. The second-order valence-electron chi connectivity index (χ2n) is 4.63. The molecule has 17 heavy (non-hydrogen) atoms. The van der Waals surface area contributed by atoms with Crippen LogP contribution >= 0.6 is 12.2 Å². The maximum atomic E-state index is 5.80. The van der Waals surface area contributed by atoms with Crippen LogP contribution in [0.4, 0.5) is 0 Å². The molecule has 0 atom stereocenters. The molecule has 0 unspecified atom stereocenters. The molecule has 0 amide bonds. The fourth-order valence-corrected chi connectivity index (χ4v) is 2.03. The molecule has 0 radical (unpaired) electrons. The van der Waals surface area contributed by atoms with Gasteiger partial charge in [-0.25, -0.2) is 0 Å². The zero-order valence-corrected chi connectivity index (χ0v) is 11.1. The molecular weight excluding hydrogens is 228 g/mol. The number of nitrogens with two attached hydrogens (primary N) is 1. The molecule has 0 aliphatic rings. The van der Waals surface area contributed by atoms with Crippen molar-refractivity contribution in [3.05, 3.63) is 41.1 Å². The maximum Gasteiger partial charge on any atom is 0.104 e. The third-order valence-corrected chi connectivity index (χ3v) is 3.06. The first-order valence-corrected chi connectivity index (χ1v) is 6.11. The molecule has 0 spiro atoms. The van der Waals surface area contributed by atoms with Gasteiger partial charge in [0.05, 0.1) is 5.52 Å². The highest BCUT2D eigenvalue weighted by Gasteiger charge is 2.10. The normalized spacial score (nSPS) is 11.1. The van der Waals surface area contributed by atoms with Gasteiger partial charge in [-0.05, 0) is 31.0 Å². The van der Waals surface area contributed by atoms with E-state index < -0.39 is 0 Å². The van der Waals surface area contributed by atoms with Gasteiger partial charge in [-0.2, -0.15) is 0 Å². The molecule has 3 heteroatoms. The van der Waals surface area contributed by atoms with Crippen molar-refractivity contribution in [2.24, 2.45) is 5.73 Å². The van der Waals surface area contributed by atoms with Crippen LogP contribution in [0.1, 0.15) is 36.6 Å². The third-order valence-electron chi connectivity index (χ3n) is 2.84. The molecule has 2 aromatic rings. The number of fused-ring (bicyclic) bond motifs is 1. The summed E-state index contributed by atoms with van der Waals surface area (Å²) in [5.74, 6) is 0.369. The van der Waals surface area contributed by atoms with E-state index in [9.17, 15) is 0 Å². The van der Waals surface area contributed by atoms with Gasteiger partial charge >= 0.3 is 0 Å². The van der Waals surface area contributed by atoms with Gasteiger partial charge in [-0.1, -0.05) is 37.7 Å². The van der Waals surface area contributed by atoms with Gasteiger partial charge in [0.2, 0.25) is 0 Å². The lowest BCUT2D eigenvalue weighted by Crippen LogP contribution is -2.11. The third kappa shape index (κ3) is 2.29. The Kier molecular flexibility index (Phi) is 3.11. The van der Waals surface area contributed by atoms with Gasteiger partial charge in [0, 0.05) is 16.6 Å². The molecular formula is C14H16N2S. The van der Waals surface area contributed by atoms with E-state index >= 15 is 0 Å². The summed E-state index contributed by atoms with van der Waals surface area (Å²) in [4.78, 5) is 5.08. The molecule has 0 saturated carbocycles. The van der Waals surface area contributed by atoms with Crippen molar-refractivity contribution >= 4 is 28.1 Å². The second kappa shape index (κ2) is 4.41. The smallest absolute Gasteiger partial charge is 0.104 e. The summed E-state index contributed by atoms with van der Waals surface area (Å²) in [6.07, 6.45) is 0. The molecule has 1 heterocycles. The van der Waals surface area contributed by atoms with Gasteiger partial charge in [-0.15, -0.1) is 0 Å². The van der Waals surface area contributed by atoms with E-state index in [2.05, 4.69) is 37.9 Å². The average molecular weight is 244 g/mol. The summed E-state index contributed by atoms with van der Waals surface area (Å²) >= 11 is 5.13. The van der Waals surface area contributed by atoms with Crippen molar-refractivity contribution in [1.82, 2.24) is 4.98 Å². The number of benzene rings is 1. The number of aryl methyl sites for hydroxylation is 1. The Morgan fingerprint density at radius 1 is 1.29 bits per heavy atom. The molecule has 88 valence electrons. The zero-order valence-electron chi connectivity index (χ0n) is 10.3. The second-order valence-corrected chi connectivity index (χ2v) is 5.07. The highest BCUT2D eigenvalue weighted by Crippen LogP contribution is 2.23. The molecule has 1 aromatic carbocycles. The minimum absolute atomic E-state index is 0.369. The lowest BCUT2D eigenvalue weighted by atomic mass is 10.0. The van der Waals surface area contributed by atoms with Gasteiger partial charge in [-0.3, -0.25) is 4.98 Å². The lowest BCUT2D eigenvalue weighted by Gasteiger charge is -2.11. The van der Waals surface area contributed by atoms with E-state index in [1.165, 1.54) is 5.56 Å². The van der Waals surface area contributed by atoms with Crippen molar-refractivity contribution < 1.29 is 0 Å². The monoisotopic (exact) mass is 244 g/mol. The summed E-state index contributed by atoms with van der Waals surface area (Å²) in [6, 6.07) is 8.18. The SMILES string of the molecule is Cc1ccc2nc(C(C)C)cc(C(N)=S)c2c1. The first-order valence-electron chi connectivity index (χ1n) is 5.70. The molecule has 0 aliphatic carbocycles. The molecule has 0 bridgehead atoms. The number of hydrogen-bond donors (Lipinski definition) is 1. The predicted octanol–water partition coefficient (Wildman–Crippen LogP) is 3.30. The fraction of sp³-hybridized carbons (Fsp3) is 0.286. The van der Waals surface area contributed by atoms with Crippen LogP contribution in [0.15, 0.2) is 24.3 Å². The summed E-state index contributed by atoms with van der Waals surface area (Å²) in [7, 11) is 0. The summed E-state index contributed by atoms with van der Waals surface area (Å²) in [5.41, 5.74) is 9.91. The van der Waals surface area contributed by atoms with Crippen LogP contribution in [-0.2, 0) is 0 Å². The fourth-order valence-electron chi connectivity index (χ4n) is 1.86. The Balaban J connectivity index is 2.81. The molecule has 1 aromatic heterocycles. The Morgan fingerprint density at radius 2 is 2.00 bits per heavy atom. The lowest BCUT2D eigenvalue weighted by molar-refractivity contribution is 0.829. The topological polar surface area (TPSA) is 38.9 Å². The van der Waals surface area contributed by atoms with Crippen molar-refractivity contribution in [3.63, 3.8) is 0 Å². The van der Waals surface area contributed by atoms with Crippen LogP contribution in [0, 0.1) is 6.92 Å². The highest BCUT2D eigenvalue weighted by atomic mass is 32.1. The van der Waals surface area contributed by atoms with Crippen LogP contribution in [0.3, 0.4) is 0 Å². The highest BCUT2D eigenvalue weighted by molar-refractivity contribution is 7.80. The Bertz CT molecular complexity index is 588. The molecule has 0 saturated heterocycles. The van der Waals surface area contributed by atoms with Gasteiger partial charge < -0.3 is 5.73 Å². The Morgan fingerprint density at radius 3 is 2.59 bits per heavy atom. The van der Waals surface area contributed by atoms with E-state index in [1.54, 1.807) is 0 Å². The maximum absolute atomic E-state index is 5.80. The zero-order chi connectivity index (χ0) is 12.6.